The monoisotopic (exact) mass is 338 g/mol. The predicted molar refractivity (Wildman–Crippen MR) is 98.2 cm³/mol. The van der Waals surface area contributed by atoms with Gasteiger partial charge in [-0.25, -0.2) is 4.98 Å². The summed E-state index contributed by atoms with van der Waals surface area (Å²) in [6, 6.07) is 8.65. The molecular formula is C20H26N4O. The third-order valence-electron chi connectivity index (χ3n) is 4.80. The predicted octanol–water partition coefficient (Wildman–Crippen LogP) is 2.68. The Morgan fingerprint density at radius 3 is 2.68 bits per heavy atom. The lowest BCUT2D eigenvalue weighted by Gasteiger charge is -2.37. The topological polar surface area (TPSA) is 58.1 Å². The number of carbonyl (C=O) groups is 1. The standard InChI is InChI=1S/C20H26N4O/c1-20(2,3)18(23-19(25)17-12-21-9-10-22-17)14-24-11-8-15-6-4-5-7-16(15)13-24/h4-7,9-10,12,18H,8,11,13-14H2,1-3H3,(H,23,25)/t18-/m1/s1. The second-order valence-electron chi connectivity index (χ2n) is 7.74. The highest BCUT2D eigenvalue weighted by molar-refractivity contribution is 5.92. The van der Waals surface area contributed by atoms with Crippen LogP contribution < -0.4 is 5.32 Å². The maximum absolute atomic E-state index is 12.5. The molecule has 5 heteroatoms. The first-order chi connectivity index (χ1) is 11.9. The molecule has 3 rings (SSSR count). The molecule has 0 fully saturated rings. The molecule has 0 radical (unpaired) electrons. The maximum atomic E-state index is 12.5. The van der Waals surface area contributed by atoms with Crippen LogP contribution in [0.4, 0.5) is 0 Å². The number of rotatable bonds is 4. The SMILES string of the molecule is CC(C)(C)[C@@H](CN1CCc2ccccc2C1)NC(=O)c1cnccn1. The molecule has 0 saturated heterocycles. The molecule has 2 heterocycles. The van der Waals surface area contributed by atoms with E-state index in [1.54, 1.807) is 12.4 Å². The van der Waals surface area contributed by atoms with Crippen molar-refractivity contribution in [2.75, 3.05) is 13.1 Å². The van der Waals surface area contributed by atoms with Crippen molar-refractivity contribution < 1.29 is 4.79 Å². The van der Waals surface area contributed by atoms with E-state index < -0.39 is 0 Å². The Labute approximate surface area is 149 Å². The Morgan fingerprint density at radius 2 is 2.00 bits per heavy atom. The number of benzene rings is 1. The molecular weight excluding hydrogens is 312 g/mol. The normalized spacial score (nSPS) is 16.1. The smallest absolute Gasteiger partial charge is 0.271 e. The van der Waals surface area contributed by atoms with Crippen LogP contribution in [-0.2, 0) is 13.0 Å². The second kappa shape index (κ2) is 7.31. The third kappa shape index (κ3) is 4.42. The van der Waals surface area contributed by atoms with Gasteiger partial charge in [-0.2, -0.15) is 0 Å². The van der Waals surface area contributed by atoms with Gasteiger partial charge in [0.05, 0.1) is 6.20 Å². The van der Waals surface area contributed by atoms with Crippen LogP contribution in [0, 0.1) is 5.41 Å². The summed E-state index contributed by atoms with van der Waals surface area (Å²) >= 11 is 0. The quantitative estimate of drug-likeness (QED) is 0.931. The molecule has 1 atom stereocenters. The molecule has 1 aliphatic rings. The van der Waals surface area contributed by atoms with E-state index in [4.69, 9.17) is 0 Å². The molecule has 1 aromatic heterocycles. The number of nitrogens with one attached hydrogen (secondary N) is 1. The van der Waals surface area contributed by atoms with Crippen LogP contribution in [0.15, 0.2) is 42.9 Å². The van der Waals surface area contributed by atoms with E-state index in [1.165, 1.54) is 17.3 Å². The average molecular weight is 338 g/mol. The molecule has 132 valence electrons. The molecule has 2 aromatic rings. The Hall–Kier alpha value is -2.27. The minimum absolute atomic E-state index is 0.0345. The van der Waals surface area contributed by atoms with Gasteiger partial charge < -0.3 is 5.32 Å². The van der Waals surface area contributed by atoms with Gasteiger partial charge in [-0.05, 0) is 23.0 Å². The molecule has 5 nitrogen and oxygen atoms in total. The van der Waals surface area contributed by atoms with E-state index in [1.807, 2.05) is 0 Å². The molecule has 0 bridgehead atoms. The average Bonchev–Trinajstić information content (AvgIpc) is 2.61. The van der Waals surface area contributed by atoms with E-state index in [0.717, 1.165) is 26.1 Å². The molecule has 25 heavy (non-hydrogen) atoms. The van der Waals surface area contributed by atoms with E-state index in [2.05, 4.69) is 65.2 Å². The largest absolute Gasteiger partial charge is 0.346 e. The molecule has 0 spiro atoms. The van der Waals surface area contributed by atoms with Gasteiger partial charge in [0.2, 0.25) is 0 Å². The number of fused-ring (bicyclic) bond motifs is 1. The fraction of sp³-hybridized carbons (Fsp3) is 0.450. The highest BCUT2D eigenvalue weighted by atomic mass is 16.2. The van der Waals surface area contributed by atoms with Crippen LogP contribution in [0.5, 0.6) is 0 Å². The zero-order valence-corrected chi connectivity index (χ0v) is 15.2. The lowest BCUT2D eigenvalue weighted by Crippen LogP contribution is -2.51. The van der Waals surface area contributed by atoms with Crippen molar-refractivity contribution in [3.8, 4) is 0 Å². The van der Waals surface area contributed by atoms with E-state index in [0.29, 0.717) is 5.69 Å². The van der Waals surface area contributed by atoms with Crippen molar-refractivity contribution in [2.45, 2.75) is 39.8 Å². The van der Waals surface area contributed by atoms with Gasteiger partial charge in [0.25, 0.3) is 5.91 Å². The van der Waals surface area contributed by atoms with E-state index in [9.17, 15) is 4.79 Å². The van der Waals surface area contributed by atoms with E-state index in [-0.39, 0.29) is 17.4 Å². The molecule has 0 saturated carbocycles. The summed E-state index contributed by atoms with van der Waals surface area (Å²) in [6.07, 6.45) is 5.68. The summed E-state index contributed by atoms with van der Waals surface area (Å²) in [4.78, 5) is 23.0. The number of hydrogen-bond donors (Lipinski definition) is 1. The van der Waals surface area contributed by atoms with Crippen LogP contribution in [0.25, 0.3) is 0 Å². The molecule has 0 unspecified atom stereocenters. The van der Waals surface area contributed by atoms with Crippen molar-refractivity contribution in [1.82, 2.24) is 20.2 Å². The fourth-order valence-electron chi connectivity index (χ4n) is 3.15. The van der Waals surface area contributed by atoms with Gasteiger partial charge >= 0.3 is 0 Å². The van der Waals surface area contributed by atoms with Crippen LogP contribution in [-0.4, -0.2) is 39.9 Å². The first-order valence-corrected chi connectivity index (χ1v) is 8.79. The minimum Gasteiger partial charge on any atom is -0.346 e. The lowest BCUT2D eigenvalue weighted by molar-refractivity contribution is 0.0857. The zero-order chi connectivity index (χ0) is 17.9. The molecule has 1 aliphatic heterocycles. The molecule has 0 aliphatic carbocycles. The van der Waals surface area contributed by atoms with Crippen LogP contribution in [0.1, 0.15) is 42.4 Å². The first kappa shape index (κ1) is 17.5. The second-order valence-corrected chi connectivity index (χ2v) is 7.74. The number of amides is 1. The Morgan fingerprint density at radius 1 is 1.24 bits per heavy atom. The van der Waals surface area contributed by atoms with Gasteiger partial charge in [-0.3, -0.25) is 14.7 Å². The van der Waals surface area contributed by atoms with Gasteiger partial charge in [-0.15, -0.1) is 0 Å². The Kier molecular flexibility index (Phi) is 5.13. The summed E-state index contributed by atoms with van der Waals surface area (Å²) in [5, 5.41) is 3.16. The van der Waals surface area contributed by atoms with Gasteiger partial charge in [-0.1, -0.05) is 45.0 Å². The van der Waals surface area contributed by atoms with Crippen LogP contribution in [0.2, 0.25) is 0 Å². The van der Waals surface area contributed by atoms with Crippen LogP contribution in [0.3, 0.4) is 0 Å². The number of nitrogens with zero attached hydrogens (tertiary/aromatic N) is 3. The van der Waals surface area contributed by atoms with Crippen molar-refractivity contribution in [3.05, 3.63) is 59.7 Å². The molecule has 1 amide bonds. The minimum atomic E-state index is -0.162. The van der Waals surface area contributed by atoms with Gasteiger partial charge in [0, 0.05) is 38.1 Å². The van der Waals surface area contributed by atoms with Crippen molar-refractivity contribution in [2.24, 2.45) is 5.41 Å². The highest BCUT2D eigenvalue weighted by Gasteiger charge is 2.30. The summed E-state index contributed by atoms with van der Waals surface area (Å²) in [6.45, 7) is 9.25. The fourth-order valence-corrected chi connectivity index (χ4v) is 3.15. The number of hydrogen-bond acceptors (Lipinski definition) is 4. The van der Waals surface area contributed by atoms with Gasteiger partial charge in [0.1, 0.15) is 5.69 Å². The zero-order valence-electron chi connectivity index (χ0n) is 15.2. The van der Waals surface area contributed by atoms with Crippen molar-refractivity contribution in [1.29, 1.82) is 0 Å². The van der Waals surface area contributed by atoms with E-state index >= 15 is 0 Å². The molecule has 1 aromatic carbocycles. The third-order valence-corrected chi connectivity index (χ3v) is 4.80. The maximum Gasteiger partial charge on any atom is 0.271 e. The van der Waals surface area contributed by atoms with Crippen molar-refractivity contribution >= 4 is 5.91 Å². The lowest BCUT2D eigenvalue weighted by atomic mass is 9.85. The summed E-state index contributed by atoms with van der Waals surface area (Å²) in [7, 11) is 0. The number of aromatic nitrogens is 2. The summed E-state index contributed by atoms with van der Waals surface area (Å²) in [5.74, 6) is -0.162. The highest BCUT2D eigenvalue weighted by Crippen LogP contribution is 2.24. The molecule has 1 N–H and O–H groups in total. The Balaban J connectivity index is 1.69. The summed E-state index contributed by atoms with van der Waals surface area (Å²) < 4.78 is 0. The van der Waals surface area contributed by atoms with Gasteiger partial charge in [0.15, 0.2) is 0 Å². The first-order valence-electron chi connectivity index (χ1n) is 8.79. The summed E-state index contributed by atoms with van der Waals surface area (Å²) in [5.41, 5.74) is 3.14. The van der Waals surface area contributed by atoms with Crippen LogP contribution >= 0.6 is 0 Å². The number of carbonyl (C=O) groups excluding carboxylic acids is 1. The van der Waals surface area contributed by atoms with Crippen molar-refractivity contribution in [3.63, 3.8) is 0 Å². The Bertz CT molecular complexity index is 724.